The highest BCUT2D eigenvalue weighted by Crippen LogP contribution is 2.11. The van der Waals surface area contributed by atoms with Crippen LogP contribution < -0.4 is 10.3 Å². The maximum absolute atomic E-state index is 11.8. The number of carbonyl (C=O) groups excluding carboxylic acids is 1. The summed E-state index contributed by atoms with van der Waals surface area (Å²) in [7, 11) is 0. The van der Waals surface area contributed by atoms with Crippen LogP contribution >= 0.6 is 31.9 Å². The standard InChI is InChI=1S/C11H8Br2N2O3/c12-10(13)9(16)8-11(17)18-14-15(8)6-7-4-2-1-3-5-7/h1-5,10H,6H2/p+1. The van der Waals surface area contributed by atoms with Gasteiger partial charge in [0, 0.05) is 5.56 Å². The van der Waals surface area contributed by atoms with E-state index in [-0.39, 0.29) is 11.5 Å². The summed E-state index contributed by atoms with van der Waals surface area (Å²) < 4.78 is 5.42. The topological polar surface area (TPSA) is 67.0 Å². The van der Waals surface area contributed by atoms with Crippen LogP contribution in [0.2, 0.25) is 0 Å². The van der Waals surface area contributed by atoms with Crippen molar-refractivity contribution in [3.8, 4) is 0 Å². The third-order valence-electron chi connectivity index (χ3n) is 2.33. The molecule has 1 N–H and O–H groups in total. The van der Waals surface area contributed by atoms with Crippen LogP contribution in [0, 0.1) is 0 Å². The fourth-order valence-electron chi connectivity index (χ4n) is 1.52. The first-order valence-electron chi connectivity index (χ1n) is 5.07. The van der Waals surface area contributed by atoms with E-state index in [0.717, 1.165) is 5.56 Å². The van der Waals surface area contributed by atoms with Crippen molar-refractivity contribution < 1.29 is 14.0 Å². The molecule has 1 heterocycles. The second kappa shape index (κ2) is 5.62. The molecule has 0 radical (unpaired) electrons. The van der Waals surface area contributed by atoms with Gasteiger partial charge >= 0.3 is 11.3 Å². The molecule has 0 aliphatic rings. The molecule has 94 valence electrons. The fourth-order valence-corrected chi connectivity index (χ4v) is 1.95. The number of ketones is 1. The third kappa shape index (κ3) is 2.78. The fraction of sp³-hybridized carbons (Fsp3) is 0.182. The molecule has 0 aliphatic carbocycles. The molecule has 1 aromatic heterocycles. The van der Waals surface area contributed by atoms with Gasteiger partial charge in [-0.05, 0) is 5.27 Å². The summed E-state index contributed by atoms with van der Waals surface area (Å²) in [4.78, 5) is 23.3. The third-order valence-corrected chi connectivity index (χ3v) is 3.16. The van der Waals surface area contributed by atoms with Crippen LogP contribution in [-0.4, -0.2) is 14.8 Å². The van der Waals surface area contributed by atoms with Crippen molar-refractivity contribution >= 4 is 37.6 Å². The molecule has 0 aliphatic heterocycles. The molecule has 0 saturated carbocycles. The Morgan fingerprint density at radius 3 is 2.61 bits per heavy atom. The van der Waals surface area contributed by atoms with Gasteiger partial charge in [0.25, 0.3) is 5.78 Å². The molecule has 0 saturated heterocycles. The Kier molecular flexibility index (Phi) is 4.13. The van der Waals surface area contributed by atoms with E-state index in [1.165, 1.54) is 4.68 Å². The first-order valence-corrected chi connectivity index (χ1v) is 6.90. The van der Waals surface area contributed by atoms with Crippen LogP contribution in [0.15, 0.2) is 39.6 Å². The van der Waals surface area contributed by atoms with Crippen LogP contribution in [0.25, 0.3) is 0 Å². The molecule has 1 aromatic carbocycles. The summed E-state index contributed by atoms with van der Waals surface area (Å²) in [5.74, 6) is -0.388. The SMILES string of the molecule is O=C(c1c(=O)o[nH][n+]1Cc1ccccc1)C(Br)Br. The van der Waals surface area contributed by atoms with Gasteiger partial charge in [-0.15, -0.1) is 0 Å². The molecule has 18 heavy (non-hydrogen) atoms. The predicted molar refractivity (Wildman–Crippen MR) is 71.0 cm³/mol. The lowest BCUT2D eigenvalue weighted by atomic mass is 10.2. The van der Waals surface area contributed by atoms with Crippen molar-refractivity contribution in [3.63, 3.8) is 0 Å². The number of nitrogens with one attached hydrogen (secondary N) is 1. The van der Waals surface area contributed by atoms with Gasteiger partial charge in [-0.2, -0.15) is 0 Å². The Labute approximate surface area is 119 Å². The largest absolute Gasteiger partial charge is 0.438 e. The van der Waals surface area contributed by atoms with Gasteiger partial charge in [0.05, 0.1) is 0 Å². The number of hydrogen-bond donors (Lipinski definition) is 1. The van der Waals surface area contributed by atoms with Crippen molar-refractivity contribution in [1.29, 1.82) is 0 Å². The van der Waals surface area contributed by atoms with E-state index >= 15 is 0 Å². The molecule has 2 aromatic rings. The molecule has 0 fully saturated rings. The number of alkyl halides is 2. The van der Waals surface area contributed by atoms with Gasteiger partial charge in [0.15, 0.2) is 0 Å². The van der Waals surface area contributed by atoms with Gasteiger partial charge in [0.1, 0.15) is 3.74 Å². The van der Waals surface area contributed by atoms with Crippen LogP contribution in [0.1, 0.15) is 16.1 Å². The lowest BCUT2D eigenvalue weighted by Gasteiger charge is -1.96. The number of Topliss-reactive ketones (excluding diaryl/α,β-unsaturated/α-hetero) is 1. The highest BCUT2D eigenvalue weighted by atomic mass is 79.9. The quantitative estimate of drug-likeness (QED) is 0.500. The average molecular weight is 377 g/mol. The molecular weight excluding hydrogens is 368 g/mol. The van der Waals surface area contributed by atoms with E-state index in [2.05, 4.69) is 41.7 Å². The van der Waals surface area contributed by atoms with E-state index in [4.69, 9.17) is 0 Å². The smallest absolute Gasteiger partial charge is 0.285 e. The molecule has 2 rings (SSSR count). The van der Waals surface area contributed by atoms with E-state index in [1.54, 1.807) is 0 Å². The van der Waals surface area contributed by atoms with E-state index in [0.29, 0.717) is 6.54 Å². The maximum Gasteiger partial charge on any atom is 0.438 e. The Morgan fingerprint density at radius 1 is 1.33 bits per heavy atom. The summed E-state index contributed by atoms with van der Waals surface area (Å²) in [5.41, 5.74) is 0.242. The van der Waals surface area contributed by atoms with E-state index in [1.807, 2.05) is 30.3 Å². The average Bonchev–Trinajstić information content (AvgIpc) is 2.71. The number of carbonyl (C=O) groups is 1. The summed E-state index contributed by atoms with van der Waals surface area (Å²) in [6.45, 7) is 0.361. The monoisotopic (exact) mass is 375 g/mol. The second-order valence-electron chi connectivity index (χ2n) is 3.57. The van der Waals surface area contributed by atoms with Crippen molar-refractivity contribution in [2.45, 2.75) is 10.3 Å². The number of rotatable bonds is 4. The van der Waals surface area contributed by atoms with Crippen molar-refractivity contribution in [1.82, 2.24) is 5.27 Å². The van der Waals surface area contributed by atoms with Gasteiger partial charge in [0.2, 0.25) is 6.54 Å². The summed E-state index contributed by atoms with van der Waals surface area (Å²) in [5, 5.41) is 2.42. The Bertz CT molecular complexity index is 604. The van der Waals surface area contributed by atoms with E-state index in [9.17, 15) is 9.59 Å². The van der Waals surface area contributed by atoms with Crippen LogP contribution in [0.3, 0.4) is 0 Å². The zero-order valence-corrected chi connectivity index (χ0v) is 12.3. The Balaban J connectivity index is 2.35. The van der Waals surface area contributed by atoms with Crippen LogP contribution in [0.4, 0.5) is 0 Å². The Morgan fingerprint density at radius 2 is 2.00 bits per heavy atom. The minimum Gasteiger partial charge on any atom is -0.285 e. The molecule has 7 heteroatoms. The maximum atomic E-state index is 11.8. The lowest BCUT2D eigenvalue weighted by molar-refractivity contribution is -0.756. The lowest BCUT2D eigenvalue weighted by Crippen LogP contribution is -2.44. The zero-order valence-electron chi connectivity index (χ0n) is 9.10. The van der Waals surface area contributed by atoms with Gasteiger partial charge in [-0.1, -0.05) is 66.9 Å². The normalized spacial score (nSPS) is 10.8. The molecule has 0 amide bonds. The molecular formula is C11H9Br2N2O3+. The minimum atomic E-state index is -0.681. The highest BCUT2D eigenvalue weighted by molar-refractivity contribution is 9.25. The first kappa shape index (κ1) is 13.2. The summed E-state index contributed by atoms with van der Waals surface area (Å²) in [6, 6.07) is 9.45. The van der Waals surface area contributed by atoms with Crippen LogP contribution in [-0.2, 0) is 6.54 Å². The number of nitrogens with zero attached hydrogens (tertiary/aromatic N) is 1. The summed E-state index contributed by atoms with van der Waals surface area (Å²) >= 11 is 6.15. The van der Waals surface area contributed by atoms with E-state index < -0.39 is 9.36 Å². The number of aromatic amines is 1. The number of benzene rings is 1. The summed E-state index contributed by atoms with van der Waals surface area (Å²) in [6.07, 6.45) is 0. The molecule has 5 nitrogen and oxygen atoms in total. The van der Waals surface area contributed by atoms with Gasteiger partial charge < -0.3 is 0 Å². The second-order valence-corrected chi connectivity index (χ2v) is 6.63. The van der Waals surface area contributed by atoms with Crippen LogP contribution in [0.5, 0.6) is 0 Å². The zero-order chi connectivity index (χ0) is 13.1. The highest BCUT2D eigenvalue weighted by Gasteiger charge is 2.32. The number of halogens is 2. The number of hydrogen-bond acceptors (Lipinski definition) is 3. The van der Waals surface area contributed by atoms with Gasteiger partial charge in [-0.25, -0.2) is 4.79 Å². The van der Waals surface area contributed by atoms with Crippen molar-refractivity contribution in [3.05, 3.63) is 52.0 Å². The van der Waals surface area contributed by atoms with Crippen molar-refractivity contribution in [2.75, 3.05) is 0 Å². The first-order chi connectivity index (χ1) is 8.59. The van der Waals surface area contributed by atoms with Gasteiger partial charge in [-0.3, -0.25) is 9.32 Å². The number of H-pyrrole nitrogens is 1. The van der Waals surface area contributed by atoms with Crippen molar-refractivity contribution in [2.24, 2.45) is 0 Å². The predicted octanol–water partition coefficient (Wildman–Crippen LogP) is 1.60. The minimum absolute atomic E-state index is 0.0300. The molecule has 0 spiro atoms. The Hall–Kier alpha value is -1.21. The number of aromatic nitrogens is 2. The molecule has 0 unspecified atom stereocenters. The molecule has 0 atom stereocenters. The molecule has 0 bridgehead atoms.